The molecule has 0 spiro atoms. The van der Waals surface area contributed by atoms with E-state index in [-0.39, 0.29) is 5.97 Å². The number of nitrogens with one attached hydrogen (secondary N) is 1. The number of esters is 1. The summed E-state index contributed by atoms with van der Waals surface area (Å²) in [5.41, 5.74) is 4.19. The largest absolute Gasteiger partial charge is 0.465 e. The number of ether oxygens (including phenoxy) is 1. The van der Waals surface area contributed by atoms with Gasteiger partial charge in [0.05, 0.1) is 12.7 Å². The van der Waals surface area contributed by atoms with E-state index in [9.17, 15) is 4.79 Å². The molecule has 0 fully saturated rings. The first-order valence-corrected chi connectivity index (χ1v) is 7.04. The summed E-state index contributed by atoms with van der Waals surface area (Å²) < 4.78 is 4.77. The Balaban J connectivity index is 2.52. The highest BCUT2D eigenvalue weighted by molar-refractivity contribution is 5.95. The lowest BCUT2D eigenvalue weighted by molar-refractivity contribution is 0.0601. The van der Waals surface area contributed by atoms with E-state index in [1.807, 2.05) is 25.1 Å². The number of hydrogen-bond acceptors (Lipinski definition) is 2. The van der Waals surface area contributed by atoms with Crippen molar-refractivity contribution >= 4 is 16.9 Å². The van der Waals surface area contributed by atoms with Gasteiger partial charge in [0.25, 0.3) is 0 Å². The molecule has 0 aliphatic heterocycles. The van der Waals surface area contributed by atoms with Gasteiger partial charge in [0.1, 0.15) is 0 Å². The van der Waals surface area contributed by atoms with Gasteiger partial charge in [0.15, 0.2) is 0 Å². The zero-order chi connectivity index (χ0) is 14.5. The summed E-state index contributed by atoms with van der Waals surface area (Å²) in [6, 6.07) is 5.71. The molecule has 1 N–H and O–H groups in total. The summed E-state index contributed by atoms with van der Waals surface area (Å²) in [7, 11) is 1.40. The number of carbonyl (C=O) groups is 1. The van der Waals surface area contributed by atoms with Crippen molar-refractivity contribution in [3.8, 4) is 0 Å². The van der Waals surface area contributed by atoms with Crippen LogP contribution in [-0.4, -0.2) is 18.1 Å². The van der Waals surface area contributed by atoms with Crippen LogP contribution >= 0.6 is 0 Å². The fraction of sp³-hybridized carbons (Fsp3) is 0.353. The summed E-state index contributed by atoms with van der Waals surface area (Å²) in [4.78, 5) is 15.1. The predicted molar refractivity (Wildman–Crippen MR) is 82.2 cm³/mol. The zero-order valence-corrected chi connectivity index (χ0v) is 12.3. The molecule has 0 radical (unpaired) electrons. The molecule has 3 nitrogen and oxygen atoms in total. The molecule has 106 valence electrons. The van der Waals surface area contributed by atoms with Crippen LogP contribution in [0.4, 0.5) is 0 Å². The average molecular weight is 271 g/mol. The maximum Gasteiger partial charge on any atom is 0.337 e. The first-order chi connectivity index (χ1) is 9.71. The average Bonchev–Trinajstić information content (AvgIpc) is 2.81. The molecule has 2 aromatic rings. The van der Waals surface area contributed by atoms with Crippen LogP contribution in [0.2, 0.25) is 0 Å². The Kier molecular flexibility index (Phi) is 4.61. The third-order valence-electron chi connectivity index (χ3n) is 3.47. The summed E-state index contributed by atoms with van der Waals surface area (Å²) in [6.45, 7) is 4.20. The number of fused-ring (bicyclic) bond motifs is 1. The molecule has 1 aromatic heterocycles. The van der Waals surface area contributed by atoms with Gasteiger partial charge in [0, 0.05) is 16.6 Å². The van der Waals surface area contributed by atoms with E-state index < -0.39 is 0 Å². The van der Waals surface area contributed by atoms with E-state index in [1.165, 1.54) is 23.8 Å². The number of hydrogen-bond donors (Lipinski definition) is 1. The molecular weight excluding hydrogens is 250 g/mol. The Morgan fingerprint density at radius 3 is 2.85 bits per heavy atom. The Hall–Kier alpha value is -2.03. The Labute approximate surface area is 119 Å². The molecule has 0 amide bonds. The SMILES string of the molecule is C/C=C/Cc1c(CCC)[nH]c2cc(C(=O)OC)ccc12. The van der Waals surface area contributed by atoms with Gasteiger partial charge in [-0.25, -0.2) is 4.79 Å². The molecule has 0 atom stereocenters. The quantitative estimate of drug-likeness (QED) is 0.659. The standard InChI is InChI=1S/C17H21NO2/c1-4-6-8-13-14-10-9-12(17(19)20-3)11-16(14)18-15(13)7-5-2/h4,6,9-11,18H,5,7-8H2,1-3H3/b6-4+. The topological polar surface area (TPSA) is 42.1 Å². The van der Waals surface area contributed by atoms with Gasteiger partial charge >= 0.3 is 5.97 Å². The van der Waals surface area contributed by atoms with Crippen molar-refractivity contribution in [3.05, 3.63) is 47.2 Å². The van der Waals surface area contributed by atoms with Crippen molar-refractivity contribution < 1.29 is 9.53 Å². The van der Waals surface area contributed by atoms with Crippen molar-refractivity contribution in [1.82, 2.24) is 4.98 Å². The minimum atomic E-state index is -0.298. The molecule has 0 unspecified atom stereocenters. The van der Waals surface area contributed by atoms with Crippen LogP contribution in [0.25, 0.3) is 10.9 Å². The lowest BCUT2D eigenvalue weighted by atomic mass is 10.0. The first kappa shape index (κ1) is 14.4. The Morgan fingerprint density at radius 2 is 2.20 bits per heavy atom. The molecule has 0 aliphatic carbocycles. The van der Waals surface area contributed by atoms with Crippen LogP contribution in [0.1, 0.15) is 41.9 Å². The van der Waals surface area contributed by atoms with Crippen LogP contribution in [0.15, 0.2) is 30.4 Å². The van der Waals surface area contributed by atoms with Crippen LogP contribution < -0.4 is 0 Å². The van der Waals surface area contributed by atoms with Crippen molar-refractivity contribution in [2.45, 2.75) is 33.1 Å². The van der Waals surface area contributed by atoms with Crippen LogP contribution in [-0.2, 0) is 17.6 Å². The van der Waals surface area contributed by atoms with Gasteiger partial charge in [-0.1, -0.05) is 31.6 Å². The number of aryl methyl sites for hydroxylation is 1. The molecule has 0 saturated heterocycles. The molecule has 0 bridgehead atoms. The number of carbonyl (C=O) groups excluding carboxylic acids is 1. The second kappa shape index (κ2) is 6.42. The van der Waals surface area contributed by atoms with Crippen LogP contribution in [0.5, 0.6) is 0 Å². The number of methoxy groups -OCH3 is 1. The van der Waals surface area contributed by atoms with Gasteiger partial charge in [0.2, 0.25) is 0 Å². The number of H-pyrrole nitrogens is 1. The van der Waals surface area contributed by atoms with Crippen LogP contribution in [0, 0.1) is 0 Å². The summed E-state index contributed by atoms with van der Waals surface area (Å²) in [6.07, 6.45) is 7.27. The lowest BCUT2D eigenvalue weighted by Crippen LogP contribution is -2.00. The third-order valence-corrected chi connectivity index (χ3v) is 3.47. The molecule has 1 aromatic carbocycles. The number of aromatic nitrogens is 1. The van der Waals surface area contributed by atoms with Crippen LogP contribution in [0.3, 0.4) is 0 Å². The fourth-order valence-corrected chi connectivity index (χ4v) is 2.49. The normalized spacial score (nSPS) is 11.3. The highest BCUT2D eigenvalue weighted by Gasteiger charge is 2.12. The summed E-state index contributed by atoms with van der Waals surface area (Å²) in [5, 5.41) is 1.19. The minimum absolute atomic E-state index is 0.298. The van der Waals surface area contributed by atoms with Crippen molar-refractivity contribution in [1.29, 1.82) is 0 Å². The molecule has 3 heteroatoms. The molecule has 1 heterocycles. The number of rotatable bonds is 5. The van der Waals surface area contributed by atoms with Gasteiger partial charge in [-0.3, -0.25) is 0 Å². The number of aromatic amines is 1. The zero-order valence-electron chi connectivity index (χ0n) is 12.3. The summed E-state index contributed by atoms with van der Waals surface area (Å²) in [5.74, 6) is -0.298. The highest BCUT2D eigenvalue weighted by atomic mass is 16.5. The molecule has 2 rings (SSSR count). The minimum Gasteiger partial charge on any atom is -0.465 e. The van der Waals surface area contributed by atoms with Gasteiger partial charge in [-0.05, 0) is 37.5 Å². The van der Waals surface area contributed by atoms with E-state index in [0.717, 1.165) is 24.8 Å². The van der Waals surface area contributed by atoms with E-state index >= 15 is 0 Å². The first-order valence-electron chi connectivity index (χ1n) is 7.04. The van der Waals surface area contributed by atoms with Crippen molar-refractivity contribution in [3.63, 3.8) is 0 Å². The van der Waals surface area contributed by atoms with Gasteiger partial charge in [-0.15, -0.1) is 0 Å². The van der Waals surface area contributed by atoms with E-state index in [4.69, 9.17) is 4.74 Å². The molecule has 20 heavy (non-hydrogen) atoms. The Morgan fingerprint density at radius 1 is 1.40 bits per heavy atom. The monoisotopic (exact) mass is 271 g/mol. The van der Waals surface area contributed by atoms with E-state index in [2.05, 4.69) is 24.1 Å². The van der Waals surface area contributed by atoms with E-state index in [1.54, 1.807) is 0 Å². The van der Waals surface area contributed by atoms with Gasteiger partial charge in [-0.2, -0.15) is 0 Å². The smallest absolute Gasteiger partial charge is 0.337 e. The van der Waals surface area contributed by atoms with Crippen molar-refractivity contribution in [2.75, 3.05) is 7.11 Å². The van der Waals surface area contributed by atoms with Crippen molar-refractivity contribution in [2.24, 2.45) is 0 Å². The number of allylic oxidation sites excluding steroid dienone is 2. The lowest BCUT2D eigenvalue weighted by Gasteiger charge is -2.01. The molecular formula is C17H21NO2. The van der Waals surface area contributed by atoms with E-state index in [0.29, 0.717) is 5.56 Å². The summed E-state index contributed by atoms with van der Waals surface area (Å²) >= 11 is 0. The van der Waals surface area contributed by atoms with Gasteiger partial charge < -0.3 is 9.72 Å². The predicted octanol–water partition coefficient (Wildman–Crippen LogP) is 4.03. The highest BCUT2D eigenvalue weighted by Crippen LogP contribution is 2.25. The Bertz CT molecular complexity index is 638. The number of benzene rings is 1. The third kappa shape index (κ3) is 2.77. The maximum atomic E-state index is 11.6. The molecule has 0 aliphatic rings. The second-order valence-corrected chi connectivity index (χ2v) is 4.86. The fourth-order valence-electron chi connectivity index (χ4n) is 2.49. The molecule has 0 saturated carbocycles. The second-order valence-electron chi connectivity index (χ2n) is 4.86. The maximum absolute atomic E-state index is 11.6.